The fourth-order valence-electron chi connectivity index (χ4n) is 5.68. The average Bonchev–Trinajstić information content (AvgIpc) is 3.16. The van der Waals surface area contributed by atoms with Gasteiger partial charge in [0.1, 0.15) is 17.6 Å². The molecule has 0 radical (unpaired) electrons. The molecule has 3 aromatic rings. The Balaban J connectivity index is 1.24. The zero-order valence-corrected chi connectivity index (χ0v) is 20.9. The first kappa shape index (κ1) is 25.4. The van der Waals surface area contributed by atoms with Crippen molar-refractivity contribution in [3.8, 4) is 11.4 Å². The van der Waals surface area contributed by atoms with Gasteiger partial charge in [-0.05, 0) is 61.9 Å². The molecule has 0 saturated heterocycles. The third-order valence-corrected chi connectivity index (χ3v) is 7.81. The van der Waals surface area contributed by atoms with Gasteiger partial charge in [0.15, 0.2) is 5.78 Å². The topological polar surface area (TPSA) is 87.0 Å². The summed E-state index contributed by atoms with van der Waals surface area (Å²) < 4.78 is 46.6. The van der Waals surface area contributed by atoms with Crippen LogP contribution >= 0.6 is 11.6 Å². The van der Waals surface area contributed by atoms with Crippen molar-refractivity contribution in [2.24, 2.45) is 17.9 Å². The van der Waals surface area contributed by atoms with Gasteiger partial charge in [-0.25, -0.2) is 13.2 Å². The SMILES string of the molecule is C[C@@H](OC(=O)Cc1c(-c2ccc(C(=O)CC34CC(C(F)F)(C3)C4)cn2)nnn1C)c1cc(F)ccc1Cl. The van der Waals surface area contributed by atoms with Gasteiger partial charge in [-0.1, -0.05) is 16.8 Å². The molecule has 0 N–H and O–H groups in total. The van der Waals surface area contributed by atoms with Gasteiger partial charge in [-0.2, -0.15) is 0 Å². The number of aromatic nitrogens is 4. The molecule has 3 aliphatic carbocycles. The number of carbonyl (C=O) groups excluding carboxylic acids is 2. The number of nitrogens with zero attached hydrogens (tertiary/aromatic N) is 4. The average molecular weight is 533 g/mol. The number of hydrogen-bond donors (Lipinski definition) is 0. The molecule has 6 rings (SSSR count). The monoisotopic (exact) mass is 532 g/mol. The minimum atomic E-state index is -2.33. The van der Waals surface area contributed by atoms with Crippen LogP contribution in [0.2, 0.25) is 5.02 Å². The first-order valence-electron chi connectivity index (χ1n) is 11.8. The number of alkyl halides is 2. The summed E-state index contributed by atoms with van der Waals surface area (Å²) in [6, 6.07) is 7.06. The number of pyridine rings is 1. The second-order valence-corrected chi connectivity index (χ2v) is 10.6. The van der Waals surface area contributed by atoms with E-state index in [1.807, 2.05) is 0 Å². The van der Waals surface area contributed by atoms with Gasteiger partial charge in [0.25, 0.3) is 0 Å². The van der Waals surface area contributed by atoms with Crippen LogP contribution in [-0.2, 0) is 23.0 Å². The van der Waals surface area contributed by atoms with Crippen molar-refractivity contribution >= 4 is 23.4 Å². The number of carbonyl (C=O) groups is 2. The third-order valence-electron chi connectivity index (χ3n) is 7.47. The fraction of sp³-hybridized carbons (Fsp3) is 0.423. The largest absolute Gasteiger partial charge is 0.457 e. The van der Waals surface area contributed by atoms with E-state index in [9.17, 15) is 22.8 Å². The van der Waals surface area contributed by atoms with Crippen LogP contribution in [0, 0.1) is 16.6 Å². The maximum Gasteiger partial charge on any atom is 0.312 e. The molecule has 0 aliphatic heterocycles. The van der Waals surface area contributed by atoms with E-state index in [0.29, 0.717) is 47.5 Å². The Morgan fingerprint density at radius 3 is 2.57 bits per heavy atom. The molecule has 2 aromatic heterocycles. The highest BCUT2D eigenvalue weighted by Gasteiger charge is 2.71. The van der Waals surface area contributed by atoms with Gasteiger partial charge in [-0.3, -0.25) is 19.3 Å². The van der Waals surface area contributed by atoms with Crippen LogP contribution in [-0.4, -0.2) is 38.2 Å². The van der Waals surface area contributed by atoms with Crippen molar-refractivity contribution in [3.63, 3.8) is 0 Å². The van der Waals surface area contributed by atoms with E-state index in [2.05, 4.69) is 15.3 Å². The molecule has 2 bridgehead atoms. The Bertz CT molecular complexity index is 1360. The van der Waals surface area contributed by atoms with E-state index in [0.717, 1.165) is 0 Å². The number of ether oxygens (including phenoxy) is 1. The van der Waals surface area contributed by atoms with Gasteiger partial charge < -0.3 is 4.74 Å². The van der Waals surface area contributed by atoms with Crippen LogP contribution in [0.25, 0.3) is 11.4 Å². The van der Waals surface area contributed by atoms with Gasteiger partial charge in [0.05, 0.1) is 17.8 Å². The summed E-state index contributed by atoms with van der Waals surface area (Å²) in [4.78, 5) is 29.7. The number of halogens is 4. The van der Waals surface area contributed by atoms with Crippen LogP contribution in [0.1, 0.15) is 60.3 Å². The zero-order valence-electron chi connectivity index (χ0n) is 20.2. The number of esters is 1. The standard InChI is InChI=1S/C26H24ClF3N4O3/c1-14(17-7-16(28)4-5-18(17)27)37-22(36)8-20-23(32-33-34(20)2)19-6-3-15(10-31-19)21(35)9-25-11-26(12-25,13-25)24(29)30/h3-7,10,14,24H,8-9,11-13H2,1-2H3/t14-,25?,26?/m1/s1. The molecule has 1 atom stereocenters. The lowest BCUT2D eigenvalue weighted by Crippen LogP contribution is -2.65. The lowest BCUT2D eigenvalue weighted by atomic mass is 9.34. The van der Waals surface area contributed by atoms with Crippen molar-refractivity contribution in [2.45, 2.75) is 51.6 Å². The van der Waals surface area contributed by atoms with Crippen molar-refractivity contribution < 1.29 is 27.5 Å². The van der Waals surface area contributed by atoms with Crippen molar-refractivity contribution in [2.75, 3.05) is 0 Å². The van der Waals surface area contributed by atoms with E-state index < -0.39 is 29.7 Å². The summed E-state index contributed by atoms with van der Waals surface area (Å²) in [7, 11) is 1.62. The normalized spacial score (nSPS) is 22.8. The highest BCUT2D eigenvalue weighted by atomic mass is 35.5. The van der Waals surface area contributed by atoms with Crippen LogP contribution in [0.15, 0.2) is 36.5 Å². The Morgan fingerprint density at radius 1 is 1.19 bits per heavy atom. The maximum absolute atomic E-state index is 13.6. The molecule has 7 nitrogen and oxygen atoms in total. The van der Waals surface area contributed by atoms with Crippen LogP contribution in [0.4, 0.5) is 13.2 Å². The lowest BCUT2D eigenvalue weighted by molar-refractivity contribution is -0.264. The highest BCUT2D eigenvalue weighted by molar-refractivity contribution is 6.31. The molecule has 3 saturated carbocycles. The molecular formula is C26H24ClF3N4O3. The molecular weight excluding hydrogens is 509 g/mol. The van der Waals surface area contributed by atoms with Crippen molar-refractivity contribution in [1.82, 2.24) is 20.0 Å². The molecule has 3 aliphatic rings. The molecule has 11 heteroatoms. The van der Waals surface area contributed by atoms with E-state index in [4.69, 9.17) is 16.3 Å². The number of ketones is 1. The quantitative estimate of drug-likeness (QED) is 0.266. The van der Waals surface area contributed by atoms with Crippen LogP contribution in [0.5, 0.6) is 0 Å². The Hall–Kier alpha value is -3.27. The maximum atomic E-state index is 13.6. The lowest BCUT2D eigenvalue weighted by Gasteiger charge is -2.70. The van der Waals surface area contributed by atoms with Gasteiger partial charge in [-0.15, -0.1) is 5.10 Å². The molecule has 194 valence electrons. The minimum Gasteiger partial charge on any atom is -0.457 e. The number of rotatable bonds is 9. The molecule has 3 fully saturated rings. The fourth-order valence-corrected chi connectivity index (χ4v) is 5.96. The predicted octanol–water partition coefficient (Wildman–Crippen LogP) is 5.52. The first-order valence-corrected chi connectivity index (χ1v) is 12.2. The smallest absolute Gasteiger partial charge is 0.312 e. The van der Waals surface area contributed by atoms with Crippen LogP contribution < -0.4 is 0 Å². The number of Topliss-reactive ketones (excluding diaryl/α,β-unsaturated/α-hetero) is 1. The summed E-state index contributed by atoms with van der Waals surface area (Å²) in [5.41, 5.74) is 0.795. The molecule has 0 unspecified atom stereocenters. The molecule has 0 spiro atoms. The number of aryl methyl sites for hydroxylation is 1. The zero-order chi connectivity index (χ0) is 26.5. The molecule has 0 amide bonds. The summed E-state index contributed by atoms with van der Waals surface area (Å²) in [5, 5.41) is 8.37. The Labute approximate surface area is 216 Å². The van der Waals surface area contributed by atoms with Crippen molar-refractivity contribution in [3.05, 3.63) is 64.2 Å². The molecule has 2 heterocycles. The van der Waals surface area contributed by atoms with Gasteiger partial charge in [0.2, 0.25) is 6.43 Å². The summed E-state index contributed by atoms with van der Waals surface area (Å²) in [6.45, 7) is 1.60. The van der Waals surface area contributed by atoms with Gasteiger partial charge >= 0.3 is 5.97 Å². The minimum absolute atomic E-state index is 0.130. The summed E-state index contributed by atoms with van der Waals surface area (Å²) in [6.07, 6.45) is -0.414. The number of hydrogen-bond acceptors (Lipinski definition) is 6. The van der Waals surface area contributed by atoms with Crippen molar-refractivity contribution in [1.29, 1.82) is 0 Å². The molecule has 1 aromatic carbocycles. The highest BCUT2D eigenvalue weighted by Crippen LogP contribution is 2.76. The summed E-state index contributed by atoms with van der Waals surface area (Å²) >= 11 is 6.11. The second-order valence-electron chi connectivity index (χ2n) is 10.2. The second kappa shape index (κ2) is 9.24. The van der Waals surface area contributed by atoms with E-state index in [1.165, 1.54) is 29.1 Å². The Kier molecular flexibility index (Phi) is 6.34. The number of benzene rings is 1. The van der Waals surface area contributed by atoms with E-state index >= 15 is 0 Å². The summed E-state index contributed by atoms with van der Waals surface area (Å²) in [5.74, 6) is -1.21. The van der Waals surface area contributed by atoms with Gasteiger partial charge in [0, 0.05) is 41.2 Å². The van der Waals surface area contributed by atoms with E-state index in [-0.39, 0.29) is 29.1 Å². The third kappa shape index (κ3) is 4.63. The Morgan fingerprint density at radius 2 is 1.92 bits per heavy atom. The van der Waals surface area contributed by atoms with E-state index in [1.54, 1.807) is 26.1 Å². The van der Waals surface area contributed by atoms with Crippen LogP contribution in [0.3, 0.4) is 0 Å². The predicted molar refractivity (Wildman–Crippen MR) is 128 cm³/mol. The molecule has 37 heavy (non-hydrogen) atoms. The first-order chi connectivity index (χ1) is 17.5.